The second-order valence-corrected chi connectivity index (χ2v) is 9.62. The molecule has 0 atom stereocenters. The summed E-state index contributed by atoms with van der Waals surface area (Å²) in [5.74, 6) is 0.223. The Morgan fingerprint density at radius 1 is 1.03 bits per heavy atom. The first-order chi connectivity index (χ1) is 14.8. The Labute approximate surface area is 184 Å². The van der Waals surface area contributed by atoms with E-state index < -0.39 is 15.9 Å². The van der Waals surface area contributed by atoms with E-state index in [0.717, 1.165) is 26.7 Å². The molecular formula is C22H19ClN4O3S. The highest BCUT2D eigenvalue weighted by Crippen LogP contribution is 2.25. The Hall–Kier alpha value is -3.20. The van der Waals surface area contributed by atoms with Gasteiger partial charge in [-0.05, 0) is 54.6 Å². The quantitative estimate of drug-likeness (QED) is 0.467. The maximum Gasteiger partial charge on any atom is 0.257 e. The molecule has 0 saturated carbocycles. The highest BCUT2D eigenvalue weighted by molar-refractivity contribution is 7.89. The molecule has 1 heterocycles. The number of nitrogens with zero attached hydrogens (tertiary/aromatic N) is 2. The molecular weight excluding hydrogens is 436 g/mol. The fraction of sp³-hybridized carbons (Fsp3) is 0.0909. The molecule has 0 aliphatic carbocycles. The monoisotopic (exact) mass is 454 g/mol. The van der Waals surface area contributed by atoms with Gasteiger partial charge in [0.2, 0.25) is 10.0 Å². The van der Waals surface area contributed by atoms with Gasteiger partial charge in [-0.2, -0.15) is 0 Å². The van der Waals surface area contributed by atoms with Crippen molar-refractivity contribution < 1.29 is 13.2 Å². The van der Waals surface area contributed by atoms with Gasteiger partial charge < -0.3 is 10.3 Å². The molecule has 4 aromatic rings. The number of rotatable bonds is 5. The van der Waals surface area contributed by atoms with E-state index in [4.69, 9.17) is 11.6 Å². The molecule has 3 aromatic carbocycles. The molecule has 0 fully saturated rings. The number of hydrogen-bond acceptors (Lipinski definition) is 4. The number of imidazole rings is 1. The third-order valence-corrected chi connectivity index (χ3v) is 6.91. The molecule has 2 N–H and O–H groups in total. The molecule has 158 valence electrons. The lowest BCUT2D eigenvalue weighted by atomic mass is 10.1. The Morgan fingerprint density at radius 3 is 2.42 bits per heavy atom. The number of H-pyrrole nitrogens is 1. The van der Waals surface area contributed by atoms with Crippen LogP contribution in [0.25, 0.3) is 22.4 Å². The summed E-state index contributed by atoms with van der Waals surface area (Å²) in [4.78, 5) is 20.5. The van der Waals surface area contributed by atoms with Crippen molar-refractivity contribution >= 4 is 44.3 Å². The molecule has 0 aliphatic heterocycles. The Kier molecular flexibility index (Phi) is 5.53. The summed E-state index contributed by atoms with van der Waals surface area (Å²) in [6.45, 7) is 0. The molecule has 0 unspecified atom stereocenters. The maximum atomic E-state index is 12.7. The van der Waals surface area contributed by atoms with E-state index in [9.17, 15) is 13.2 Å². The average Bonchev–Trinajstić information content (AvgIpc) is 3.18. The molecule has 7 nitrogen and oxygen atoms in total. The molecule has 4 rings (SSSR count). The highest BCUT2D eigenvalue weighted by atomic mass is 35.5. The van der Waals surface area contributed by atoms with Crippen molar-refractivity contribution in [3.8, 4) is 11.4 Å². The van der Waals surface area contributed by atoms with Crippen molar-refractivity contribution in [2.24, 2.45) is 0 Å². The predicted molar refractivity (Wildman–Crippen MR) is 122 cm³/mol. The minimum absolute atomic E-state index is 0.00714. The number of amides is 1. The number of aromatic nitrogens is 2. The largest absolute Gasteiger partial charge is 0.338 e. The minimum Gasteiger partial charge on any atom is -0.338 e. The first-order valence-electron chi connectivity index (χ1n) is 9.34. The molecule has 31 heavy (non-hydrogen) atoms. The van der Waals surface area contributed by atoms with Crippen LogP contribution in [0.4, 0.5) is 5.69 Å². The number of benzene rings is 3. The van der Waals surface area contributed by atoms with Gasteiger partial charge in [0.1, 0.15) is 5.82 Å². The summed E-state index contributed by atoms with van der Waals surface area (Å²) >= 11 is 6.15. The molecule has 1 aromatic heterocycles. The Balaban J connectivity index is 1.56. The molecule has 0 aliphatic rings. The lowest BCUT2D eigenvalue weighted by Gasteiger charge is -2.13. The zero-order valence-corrected chi connectivity index (χ0v) is 18.3. The smallest absolute Gasteiger partial charge is 0.257 e. The van der Waals surface area contributed by atoms with Crippen LogP contribution < -0.4 is 5.32 Å². The van der Waals surface area contributed by atoms with Crippen LogP contribution in [0.2, 0.25) is 5.02 Å². The number of carbonyl (C=O) groups excluding carboxylic acids is 1. The van der Waals surface area contributed by atoms with Crippen LogP contribution in [0, 0.1) is 0 Å². The van der Waals surface area contributed by atoms with Gasteiger partial charge in [0.15, 0.2) is 0 Å². The fourth-order valence-electron chi connectivity index (χ4n) is 3.05. The van der Waals surface area contributed by atoms with E-state index in [-0.39, 0.29) is 15.5 Å². The Bertz CT molecular complexity index is 1350. The lowest BCUT2D eigenvalue weighted by molar-refractivity contribution is 0.102. The van der Waals surface area contributed by atoms with Crippen molar-refractivity contribution in [2.75, 3.05) is 19.4 Å². The number of halogens is 1. The number of para-hydroxylation sites is 2. The Morgan fingerprint density at radius 2 is 1.74 bits per heavy atom. The molecule has 0 spiro atoms. The van der Waals surface area contributed by atoms with Crippen molar-refractivity contribution in [1.29, 1.82) is 0 Å². The van der Waals surface area contributed by atoms with Gasteiger partial charge >= 0.3 is 0 Å². The first-order valence-corrected chi connectivity index (χ1v) is 11.2. The number of aromatic amines is 1. The number of anilines is 1. The SMILES string of the molecule is CN(C)S(=O)(=O)c1ccc(Cl)c(C(=O)Nc2ccc(-c3nc4ccccc4[nH]3)cc2)c1. The van der Waals surface area contributed by atoms with Crippen LogP contribution >= 0.6 is 11.6 Å². The van der Waals surface area contributed by atoms with Crippen LogP contribution in [0.1, 0.15) is 10.4 Å². The summed E-state index contributed by atoms with van der Waals surface area (Å²) in [5, 5.41) is 2.91. The van der Waals surface area contributed by atoms with E-state index >= 15 is 0 Å². The second kappa shape index (κ2) is 8.14. The van der Waals surface area contributed by atoms with E-state index in [1.54, 1.807) is 12.1 Å². The van der Waals surface area contributed by atoms with Crippen molar-refractivity contribution in [2.45, 2.75) is 4.90 Å². The fourth-order valence-corrected chi connectivity index (χ4v) is 4.18. The van der Waals surface area contributed by atoms with Crippen molar-refractivity contribution in [1.82, 2.24) is 14.3 Å². The number of hydrogen-bond donors (Lipinski definition) is 2. The van der Waals surface area contributed by atoms with E-state index in [1.165, 1.54) is 32.3 Å². The first kappa shape index (κ1) is 21.0. The second-order valence-electron chi connectivity index (χ2n) is 7.06. The van der Waals surface area contributed by atoms with Crippen molar-refractivity contribution in [3.63, 3.8) is 0 Å². The van der Waals surface area contributed by atoms with Gasteiger partial charge in [0.25, 0.3) is 5.91 Å². The third kappa shape index (κ3) is 4.18. The molecule has 9 heteroatoms. The minimum atomic E-state index is -3.69. The van der Waals surface area contributed by atoms with Crippen LogP contribution in [0.5, 0.6) is 0 Å². The molecule has 0 saturated heterocycles. The zero-order chi connectivity index (χ0) is 22.2. The molecule has 1 amide bonds. The number of fused-ring (bicyclic) bond motifs is 1. The van der Waals surface area contributed by atoms with Gasteiger partial charge in [-0.3, -0.25) is 4.79 Å². The van der Waals surface area contributed by atoms with E-state index in [0.29, 0.717) is 5.69 Å². The van der Waals surface area contributed by atoms with Crippen LogP contribution in [0.3, 0.4) is 0 Å². The summed E-state index contributed by atoms with van der Waals surface area (Å²) in [5.41, 5.74) is 3.30. The van der Waals surface area contributed by atoms with Gasteiger partial charge in [0, 0.05) is 25.3 Å². The van der Waals surface area contributed by atoms with Crippen LogP contribution in [-0.4, -0.2) is 42.7 Å². The number of sulfonamides is 1. The summed E-state index contributed by atoms with van der Waals surface area (Å²) in [6, 6.07) is 19.0. The topological polar surface area (TPSA) is 95.2 Å². The van der Waals surface area contributed by atoms with Gasteiger partial charge in [-0.15, -0.1) is 0 Å². The van der Waals surface area contributed by atoms with Gasteiger partial charge in [0.05, 0.1) is 26.5 Å². The average molecular weight is 455 g/mol. The molecule has 0 bridgehead atoms. The predicted octanol–water partition coefficient (Wildman–Crippen LogP) is 4.39. The summed E-state index contributed by atoms with van der Waals surface area (Å²) in [6.07, 6.45) is 0. The standard InChI is InChI=1S/C22H19ClN4O3S/c1-27(2)31(29,30)16-11-12-18(23)17(13-16)22(28)24-15-9-7-14(8-10-15)21-25-19-5-3-4-6-20(19)26-21/h3-13H,1-2H3,(H,24,28)(H,25,26). The van der Waals surface area contributed by atoms with E-state index in [2.05, 4.69) is 15.3 Å². The maximum absolute atomic E-state index is 12.7. The molecule has 0 radical (unpaired) electrons. The van der Waals surface area contributed by atoms with Crippen LogP contribution in [0.15, 0.2) is 71.6 Å². The van der Waals surface area contributed by atoms with Gasteiger partial charge in [-0.25, -0.2) is 17.7 Å². The normalized spacial score (nSPS) is 11.7. The summed E-state index contributed by atoms with van der Waals surface area (Å²) < 4.78 is 25.8. The summed E-state index contributed by atoms with van der Waals surface area (Å²) in [7, 11) is -0.838. The zero-order valence-electron chi connectivity index (χ0n) is 16.8. The van der Waals surface area contributed by atoms with E-state index in [1.807, 2.05) is 36.4 Å². The van der Waals surface area contributed by atoms with Gasteiger partial charge in [-0.1, -0.05) is 23.7 Å². The van der Waals surface area contributed by atoms with Crippen LogP contribution in [-0.2, 0) is 10.0 Å². The number of nitrogens with one attached hydrogen (secondary N) is 2. The lowest BCUT2D eigenvalue weighted by Crippen LogP contribution is -2.23. The highest BCUT2D eigenvalue weighted by Gasteiger charge is 2.21. The number of carbonyl (C=O) groups is 1. The third-order valence-electron chi connectivity index (χ3n) is 4.77. The van der Waals surface area contributed by atoms with Crippen molar-refractivity contribution in [3.05, 3.63) is 77.3 Å².